The number of carbonyl (C=O) groups excluding carboxylic acids is 2. The predicted octanol–water partition coefficient (Wildman–Crippen LogP) is 7.52. The van der Waals surface area contributed by atoms with Gasteiger partial charge in [0.05, 0.1) is 26.3 Å². The van der Waals surface area contributed by atoms with Gasteiger partial charge in [0.2, 0.25) is 0 Å². The summed E-state index contributed by atoms with van der Waals surface area (Å²) < 4.78 is 10.3. The van der Waals surface area contributed by atoms with Crippen LogP contribution in [0.5, 0.6) is 0 Å². The first-order valence-corrected chi connectivity index (χ1v) is 16.3. The van der Waals surface area contributed by atoms with Gasteiger partial charge in [0, 0.05) is 0 Å². The fourth-order valence-electron chi connectivity index (χ4n) is 7.51. The molecule has 10 nitrogen and oxygen atoms in total. The molecular weight excluding hydrogens is 624 g/mol. The Morgan fingerprint density at radius 1 is 0.531 bits per heavy atom. The molecule has 0 unspecified atom stereocenters. The summed E-state index contributed by atoms with van der Waals surface area (Å²) in [4.78, 5) is 54.8. The number of hydrogen-bond acceptors (Lipinski definition) is 6. The lowest BCUT2D eigenvalue weighted by atomic mass is 9.97. The van der Waals surface area contributed by atoms with Crippen molar-refractivity contribution in [3.05, 3.63) is 119 Å². The monoisotopic (exact) mass is 662 g/mol. The van der Waals surface area contributed by atoms with Crippen molar-refractivity contribution in [1.82, 2.24) is 9.80 Å². The molecule has 6 rings (SSSR count). The Hall–Kier alpha value is -5.64. The highest BCUT2D eigenvalue weighted by atomic mass is 16.5. The minimum Gasteiger partial charge on any atom is -0.480 e. The van der Waals surface area contributed by atoms with Gasteiger partial charge in [-0.25, -0.2) is 19.2 Å². The summed E-state index contributed by atoms with van der Waals surface area (Å²) in [6.45, 7) is 0. The minimum atomic E-state index is -1.20. The lowest BCUT2D eigenvalue weighted by Crippen LogP contribution is -2.47. The molecule has 2 aliphatic rings. The Morgan fingerprint density at radius 3 is 1.08 bits per heavy atom. The van der Waals surface area contributed by atoms with E-state index in [4.69, 9.17) is 9.47 Å². The van der Waals surface area contributed by atoms with Crippen LogP contribution in [-0.2, 0) is 19.1 Å². The zero-order valence-electron chi connectivity index (χ0n) is 27.3. The quantitative estimate of drug-likeness (QED) is 0.149. The van der Waals surface area contributed by atoms with E-state index >= 15 is 0 Å². The van der Waals surface area contributed by atoms with Crippen LogP contribution in [-0.4, -0.2) is 70.4 Å². The van der Waals surface area contributed by atoms with Crippen LogP contribution in [0.2, 0.25) is 0 Å². The van der Waals surface area contributed by atoms with Crippen LogP contribution in [0.3, 0.4) is 0 Å². The number of fused-ring (bicyclic) bond motifs is 6. The van der Waals surface area contributed by atoms with Gasteiger partial charge in [0.25, 0.3) is 0 Å². The van der Waals surface area contributed by atoms with E-state index in [1.807, 2.05) is 97.1 Å². The molecular formula is C39H38N2O8. The molecule has 0 radical (unpaired) electrons. The van der Waals surface area contributed by atoms with Gasteiger partial charge in [-0.1, -0.05) is 116 Å². The highest BCUT2D eigenvalue weighted by molar-refractivity contribution is 5.86. The van der Waals surface area contributed by atoms with E-state index in [2.05, 4.69) is 0 Å². The number of unbranched alkanes of at least 4 members (excludes halogenated alkanes) is 2. The van der Waals surface area contributed by atoms with Crippen LogP contribution in [0.4, 0.5) is 9.59 Å². The molecule has 0 saturated heterocycles. The highest BCUT2D eigenvalue weighted by Crippen LogP contribution is 2.49. The average molecular weight is 663 g/mol. The van der Waals surface area contributed by atoms with E-state index in [0.29, 0.717) is 19.3 Å². The third-order valence-electron chi connectivity index (χ3n) is 9.63. The molecule has 10 heteroatoms. The van der Waals surface area contributed by atoms with Crippen molar-refractivity contribution < 1.29 is 38.9 Å². The Bertz CT molecular complexity index is 1660. The number of hydrogen-bond donors (Lipinski definition) is 2. The SMILES string of the molecule is COC(=O)N(C1c2ccccc2-c2ccccc21)[C@@H](CCCCC[C@@H](C(=O)O)N(C(=O)OC)C1c2ccccc2-c2ccccc21)C(=O)O. The lowest BCUT2D eigenvalue weighted by molar-refractivity contribution is -0.144. The summed E-state index contributed by atoms with van der Waals surface area (Å²) in [5.41, 5.74) is 7.02. The summed E-state index contributed by atoms with van der Waals surface area (Å²) in [6, 6.07) is 26.8. The number of nitrogens with zero attached hydrogens (tertiary/aromatic N) is 2. The van der Waals surface area contributed by atoms with Crippen molar-refractivity contribution in [2.75, 3.05) is 14.2 Å². The van der Waals surface area contributed by atoms with Gasteiger partial charge in [-0.15, -0.1) is 0 Å². The van der Waals surface area contributed by atoms with E-state index < -0.39 is 48.3 Å². The number of carbonyl (C=O) groups is 4. The first-order chi connectivity index (χ1) is 23.8. The van der Waals surface area contributed by atoms with E-state index in [0.717, 1.165) is 44.5 Å². The maximum absolute atomic E-state index is 13.3. The molecule has 2 N–H and O–H groups in total. The summed E-state index contributed by atoms with van der Waals surface area (Å²) in [6.07, 6.45) is -0.0188. The maximum Gasteiger partial charge on any atom is 0.411 e. The van der Waals surface area contributed by atoms with Crippen molar-refractivity contribution in [1.29, 1.82) is 0 Å². The lowest BCUT2D eigenvalue weighted by Gasteiger charge is -2.34. The molecule has 0 aromatic heterocycles. The Labute approximate surface area is 284 Å². The second-order valence-electron chi connectivity index (χ2n) is 12.3. The average Bonchev–Trinajstić information content (AvgIpc) is 3.63. The van der Waals surface area contributed by atoms with Gasteiger partial charge in [0.15, 0.2) is 0 Å². The molecule has 0 spiro atoms. The Balaban J connectivity index is 1.20. The molecule has 0 aliphatic heterocycles. The zero-order valence-corrected chi connectivity index (χ0v) is 27.3. The van der Waals surface area contributed by atoms with Crippen molar-refractivity contribution >= 4 is 24.1 Å². The molecule has 4 aromatic rings. The number of amides is 2. The van der Waals surface area contributed by atoms with Crippen LogP contribution in [0.25, 0.3) is 22.3 Å². The van der Waals surface area contributed by atoms with Crippen LogP contribution in [0, 0.1) is 0 Å². The number of ether oxygens (including phenoxy) is 2. The maximum atomic E-state index is 13.3. The number of carboxylic acid groups (broad SMARTS) is 2. The number of methoxy groups -OCH3 is 2. The van der Waals surface area contributed by atoms with Gasteiger partial charge < -0.3 is 19.7 Å². The molecule has 0 heterocycles. The number of rotatable bonds is 12. The van der Waals surface area contributed by atoms with Crippen LogP contribution in [0.15, 0.2) is 97.1 Å². The van der Waals surface area contributed by atoms with Gasteiger partial charge in [-0.2, -0.15) is 0 Å². The van der Waals surface area contributed by atoms with Crippen molar-refractivity contribution in [3.8, 4) is 22.3 Å². The number of benzene rings is 4. The highest BCUT2D eigenvalue weighted by Gasteiger charge is 2.43. The summed E-state index contributed by atoms with van der Waals surface area (Å²) in [7, 11) is 2.47. The third kappa shape index (κ3) is 6.10. The molecule has 2 aliphatic carbocycles. The van der Waals surface area contributed by atoms with Crippen LogP contribution >= 0.6 is 0 Å². The second kappa shape index (κ2) is 14.2. The second-order valence-corrected chi connectivity index (χ2v) is 12.3. The third-order valence-corrected chi connectivity index (χ3v) is 9.63. The standard InChI is InChI=1S/C39H38N2O8/c1-48-38(46)40(34-28-18-10-6-14-24(28)25-15-7-11-19-29(25)34)32(36(42)43)22-4-3-5-23-33(37(44)45)41(39(47)49-2)35-30-20-12-8-16-26(30)27-17-9-13-21-31(27)35/h6-21,32-35H,3-5,22-23H2,1-2H3,(H,42,43)(H,44,45)/t32-,33-/m0/s1. The first-order valence-electron chi connectivity index (χ1n) is 16.3. The first kappa shape index (κ1) is 33.3. The summed E-state index contributed by atoms with van der Waals surface area (Å²) >= 11 is 0. The Morgan fingerprint density at radius 2 is 0.816 bits per heavy atom. The van der Waals surface area contributed by atoms with Crippen LogP contribution < -0.4 is 0 Å². The van der Waals surface area contributed by atoms with Crippen molar-refractivity contribution in [3.63, 3.8) is 0 Å². The van der Waals surface area contributed by atoms with Gasteiger partial charge in [-0.3, -0.25) is 9.80 Å². The van der Waals surface area contributed by atoms with E-state index in [-0.39, 0.29) is 12.8 Å². The fourth-order valence-corrected chi connectivity index (χ4v) is 7.51. The van der Waals surface area contributed by atoms with E-state index in [1.165, 1.54) is 24.0 Å². The molecule has 2 amide bonds. The summed E-state index contributed by atoms with van der Waals surface area (Å²) in [5.74, 6) is -2.32. The topological polar surface area (TPSA) is 134 Å². The van der Waals surface area contributed by atoms with Gasteiger partial charge in [-0.05, 0) is 57.3 Å². The molecule has 0 bridgehead atoms. The van der Waals surface area contributed by atoms with Gasteiger partial charge >= 0.3 is 24.1 Å². The number of aliphatic carboxylic acids is 2. The molecule has 2 atom stereocenters. The van der Waals surface area contributed by atoms with E-state index in [1.54, 1.807) is 0 Å². The number of carboxylic acids is 2. The normalized spacial score (nSPS) is 14.1. The Kier molecular flexibility index (Phi) is 9.66. The molecule has 4 aromatic carbocycles. The summed E-state index contributed by atoms with van der Waals surface area (Å²) in [5, 5.41) is 20.8. The van der Waals surface area contributed by atoms with Gasteiger partial charge in [0.1, 0.15) is 12.1 Å². The van der Waals surface area contributed by atoms with Crippen molar-refractivity contribution in [2.24, 2.45) is 0 Å². The van der Waals surface area contributed by atoms with Crippen LogP contribution in [0.1, 0.15) is 66.4 Å². The minimum absolute atomic E-state index is 0.118. The predicted molar refractivity (Wildman–Crippen MR) is 182 cm³/mol. The fraction of sp³-hybridized carbons (Fsp3) is 0.282. The smallest absolute Gasteiger partial charge is 0.411 e. The zero-order chi connectivity index (χ0) is 34.7. The van der Waals surface area contributed by atoms with E-state index in [9.17, 15) is 29.4 Å². The molecule has 49 heavy (non-hydrogen) atoms. The largest absolute Gasteiger partial charge is 0.480 e. The van der Waals surface area contributed by atoms with Crippen molar-refractivity contribution in [2.45, 2.75) is 56.3 Å². The molecule has 0 saturated carbocycles. The molecule has 0 fully saturated rings. The molecule has 252 valence electrons.